The number of hydrogen-bond donors (Lipinski definition) is 1. The zero-order valence-corrected chi connectivity index (χ0v) is 14.5. The Morgan fingerprint density at radius 2 is 2.13 bits per heavy atom. The molecule has 1 aromatic rings. The number of nitrogens with zero attached hydrogens (tertiary/aromatic N) is 2. The molecule has 1 saturated heterocycles. The maximum Gasteiger partial charge on any atom is 0.223 e. The van der Waals surface area contributed by atoms with Crippen LogP contribution in [0.2, 0.25) is 0 Å². The van der Waals surface area contributed by atoms with Gasteiger partial charge in [0.15, 0.2) is 5.69 Å². The summed E-state index contributed by atoms with van der Waals surface area (Å²) in [5.41, 5.74) is 0.417. The fourth-order valence-electron chi connectivity index (χ4n) is 3.40. The van der Waals surface area contributed by atoms with Gasteiger partial charge in [0.2, 0.25) is 5.91 Å². The highest BCUT2D eigenvalue weighted by Crippen LogP contribution is 2.46. The second-order valence-electron chi connectivity index (χ2n) is 6.62. The monoisotopic (exact) mass is 334 g/mol. The molecule has 2 heterocycles. The molecule has 0 aromatic heterocycles. The van der Waals surface area contributed by atoms with E-state index in [-0.39, 0.29) is 25.4 Å². The SMILES string of the molecule is S.[C-]#[N+]c1ccc2c(c1)[C@H](N1C(=O)CC[C@H]1C)[C@@H](O)C(C)(C)O2. The Hall–Kier alpha value is -1.71. The highest BCUT2D eigenvalue weighted by Gasteiger charge is 2.48. The van der Waals surface area contributed by atoms with Crippen LogP contribution in [0.25, 0.3) is 4.85 Å². The van der Waals surface area contributed by atoms with E-state index < -0.39 is 17.7 Å². The normalized spacial score (nSPS) is 28.4. The van der Waals surface area contributed by atoms with Crippen LogP contribution >= 0.6 is 13.5 Å². The van der Waals surface area contributed by atoms with E-state index in [4.69, 9.17) is 11.3 Å². The molecule has 0 bridgehead atoms. The minimum atomic E-state index is -0.842. The molecular formula is C17H22N2O3S. The Balaban J connectivity index is 0.00000192. The number of rotatable bonds is 1. The second kappa shape index (κ2) is 6.06. The van der Waals surface area contributed by atoms with Crippen molar-refractivity contribution in [2.24, 2.45) is 0 Å². The Labute approximate surface area is 143 Å². The van der Waals surface area contributed by atoms with Crippen LogP contribution < -0.4 is 4.74 Å². The quantitative estimate of drug-likeness (QED) is 0.804. The van der Waals surface area contributed by atoms with Crippen LogP contribution in [-0.2, 0) is 4.79 Å². The predicted molar refractivity (Wildman–Crippen MR) is 92.1 cm³/mol. The number of hydrogen-bond acceptors (Lipinski definition) is 3. The third kappa shape index (κ3) is 2.79. The summed E-state index contributed by atoms with van der Waals surface area (Å²) in [6, 6.07) is 4.79. The molecule has 2 aliphatic heterocycles. The Morgan fingerprint density at radius 1 is 1.43 bits per heavy atom. The molecule has 0 spiro atoms. The molecule has 0 unspecified atom stereocenters. The van der Waals surface area contributed by atoms with Crippen LogP contribution in [-0.4, -0.2) is 33.7 Å². The van der Waals surface area contributed by atoms with E-state index in [0.717, 1.165) is 12.0 Å². The van der Waals surface area contributed by atoms with Gasteiger partial charge in [0, 0.05) is 18.0 Å². The fraction of sp³-hybridized carbons (Fsp3) is 0.529. The number of amides is 1. The van der Waals surface area contributed by atoms with Crippen LogP contribution in [0.1, 0.15) is 45.2 Å². The molecule has 124 valence electrons. The molecule has 2 aliphatic rings. The number of aliphatic hydroxyl groups is 1. The molecule has 5 nitrogen and oxygen atoms in total. The molecule has 0 radical (unpaired) electrons. The molecule has 0 aliphatic carbocycles. The lowest BCUT2D eigenvalue weighted by molar-refractivity contribution is -0.142. The number of likely N-dealkylation sites (tertiary alicyclic amines) is 1. The summed E-state index contributed by atoms with van der Waals surface area (Å²) in [5, 5.41) is 10.8. The number of benzene rings is 1. The van der Waals surface area contributed by atoms with Crippen molar-refractivity contribution in [2.45, 2.75) is 57.4 Å². The summed E-state index contributed by atoms with van der Waals surface area (Å²) >= 11 is 0. The number of carbonyl (C=O) groups is 1. The van der Waals surface area contributed by atoms with Crippen LogP contribution in [0, 0.1) is 6.57 Å². The lowest BCUT2D eigenvalue weighted by Gasteiger charge is -2.46. The van der Waals surface area contributed by atoms with E-state index in [2.05, 4.69) is 4.85 Å². The third-order valence-corrected chi connectivity index (χ3v) is 4.66. The van der Waals surface area contributed by atoms with Gasteiger partial charge in [-0.1, -0.05) is 6.07 Å². The Bertz CT molecular complexity index is 668. The van der Waals surface area contributed by atoms with E-state index in [1.807, 2.05) is 20.8 Å². The van der Waals surface area contributed by atoms with Crippen molar-refractivity contribution in [3.8, 4) is 5.75 Å². The van der Waals surface area contributed by atoms with Gasteiger partial charge in [-0.05, 0) is 39.3 Å². The zero-order chi connectivity index (χ0) is 16.1. The first-order valence-corrected chi connectivity index (χ1v) is 7.55. The topological polar surface area (TPSA) is 54.1 Å². The molecule has 3 rings (SSSR count). The van der Waals surface area contributed by atoms with Crippen molar-refractivity contribution in [1.82, 2.24) is 4.90 Å². The van der Waals surface area contributed by atoms with Gasteiger partial charge in [0.1, 0.15) is 17.5 Å². The third-order valence-electron chi connectivity index (χ3n) is 4.66. The lowest BCUT2D eigenvalue weighted by atomic mass is 9.85. The molecule has 23 heavy (non-hydrogen) atoms. The maximum atomic E-state index is 12.3. The number of fused-ring (bicyclic) bond motifs is 1. The van der Waals surface area contributed by atoms with Gasteiger partial charge in [-0.25, -0.2) is 4.85 Å². The first-order valence-electron chi connectivity index (χ1n) is 7.55. The first-order chi connectivity index (χ1) is 10.3. The van der Waals surface area contributed by atoms with Crippen molar-refractivity contribution >= 4 is 25.1 Å². The minimum Gasteiger partial charge on any atom is -0.485 e. The Kier molecular flexibility index (Phi) is 4.65. The van der Waals surface area contributed by atoms with Gasteiger partial charge in [-0.3, -0.25) is 4.79 Å². The summed E-state index contributed by atoms with van der Waals surface area (Å²) in [6.07, 6.45) is 0.454. The first kappa shape index (κ1) is 17.6. The molecule has 1 fully saturated rings. The van der Waals surface area contributed by atoms with E-state index in [0.29, 0.717) is 17.9 Å². The van der Waals surface area contributed by atoms with Crippen LogP contribution in [0.4, 0.5) is 5.69 Å². The van der Waals surface area contributed by atoms with Crippen LogP contribution in [0.3, 0.4) is 0 Å². The van der Waals surface area contributed by atoms with E-state index in [1.165, 1.54) is 0 Å². The van der Waals surface area contributed by atoms with Gasteiger partial charge < -0.3 is 14.7 Å². The van der Waals surface area contributed by atoms with Gasteiger partial charge in [-0.2, -0.15) is 13.5 Å². The molecule has 6 heteroatoms. The fourth-order valence-corrected chi connectivity index (χ4v) is 3.40. The van der Waals surface area contributed by atoms with Gasteiger partial charge in [-0.15, -0.1) is 0 Å². The van der Waals surface area contributed by atoms with Crippen molar-refractivity contribution < 1.29 is 14.6 Å². The lowest BCUT2D eigenvalue weighted by Crippen LogP contribution is -2.55. The zero-order valence-electron chi connectivity index (χ0n) is 13.5. The van der Waals surface area contributed by atoms with Gasteiger partial charge in [0.25, 0.3) is 0 Å². The number of aliphatic hydroxyl groups excluding tert-OH is 1. The molecule has 1 amide bonds. The highest BCUT2D eigenvalue weighted by atomic mass is 32.1. The average molecular weight is 334 g/mol. The summed E-state index contributed by atoms with van der Waals surface area (Å²) < 4.78 is 5.90. The second-order valence-corrected chi connectivity index (χ2v) is 6.62. The molecule has 1 aromatic carbocycles. The molecule has 1 N–H and O–H groups in total. The van der Waals surface area contributed by atoms with Crippen molar-refractivity contribution in [3.05, 3.63) is 35.2 Å². The standard InChI is InChI=1S/C17H20N2O3.H2S/c1-10-5-8-14(20)19(10)15-12-9-11(18-4)6-7-13(12)22-17(2,3)16(15)21;/h6-7,9-10,15-16,21H,5,8H2,1-3H3;1H2/t10-,15+,16-;/m1./s1. The number of ether oxygens (including phenoxy) is 1. The summed E-state index contributed by atoms with van der Waals surface area (Å²) in [4.78, 5) is 17.5. The summed E-state index contributed by atoms with van der Waals surface area (Å²) in [5.74, 6) is 0.688. The largest absolute Gasteiger partial charge is 0.485 e. The van der Waals surface area contributed by atoms with Crippen LogP contribution in [0.5, 0.6) is 5.75 Å². The molecular weight excluding hydrogens is 312 g/mol. The van der Waals surface area contributed by atoms with Crippen molar-refractivity contribution in [2.75, 3.05) is 0 Å². The van der Waals surface area contributed by atoms with E-state index in [1.54, 1.807) is 23.1 Å². The summed E-state index contributed by atoms with van der Waals surface area (Å²) in [6.45, 7) is 12.8. The van der Waals surface area contributed by atoms with Crippen molar-refractivity contribution in [1.29, 1.82) is 0 Å². The van der Waals surface area contributed by atoms with Crippen LogP contribution in [0.15, 0.2) is 18.2 Å². The highest BCUT2D eigenvalue weighted by molar-refractivity contribution is 7.59. The smallest absolute Gasteiger partial charge is 0.223 e. The maximum absolute atomic E-state index is 12.3. The van der Waals surface area contributed by atoms with E-state index in [9.17, 15) is 9.90 Å². The molecule has 3 atom stereocenters. The Morgan fingerprint density at radius 3 is 2.70 bits per heavy atom. The van der Waals surface area contributed by atoms with Gasteiger partial charge >= 0.3 is 0 Å². The molecule has 0 saturated carbocycles. The average Bonchev–Trinajstić information content (AvgIpc) is 2.80. The number of carbonyl (C=O) groups excluding carboxylic acids is 1. The predicted octanol–water partition coefficient (Wildman–Crippen LogP) is 2.93. The summed E-state index contributed by atoms with van der Waals surface area (Å²) in [7, 11) is 0. The van der Waals surface area contributed by atoms with Crippen molar-refractivity contribution in [3.63, 3.8) is 0 Å². The van der Waals surface area contributed by atoms with E-state index >= 15 is 0 Å². The minimum absolute atomic E-state index is 0. The van der Waals surface area contributed by atoms with Gasteiger partial charge in [0.05, 0.1) is 12.6 Å².